The largest absolute Gasteiger partial charge is 0.337 e. The first kappa shape index (κ1) is 11.0. The molecule has 1 aromatic heterocycles. The zero-order valence-electron chi connectivity index (χ0n) is 9.48. The average Bonchev–Trinajstić information content (AvgIpc) is 2.86. The van der Waals surface area contributed by atoms with Crippen molar-refractivity contribution in [3.05, 3.63) is 18.2 Å². The van der Waals surface area contributed by atoms with E-state index in [9.17, 15) is 0 Å². The lowest BCUT2D eigenvalue weighted by atomic mass is 10.1. The van der Waals surface area contributed by atoms with E-state index in [0.717, 1.165) is 24.7 Å². The third-order valence-corrected chi connectivity index (χ3v) is 3.90. The molecule has 2 rings (SSSR count). The van der Waals surface area contributed by atoms with Crippen LogP contribution >= 0.6 is 12.6 Å². The van der Waals surface area contributed by atoms with Gasteiger partial charge in [-0.1, -0.05) is 0 Å². The zero-order chi connectivity index (χ0) is 10.9. The van der Waals surface area contributed by atoms with Gasteiger partial charge in [-0.2, -0.15) is 12.6 Å². The fourth-order valence-electron chi connectivity index (χ4n) is 1.96. The number of thiol groups is 1. The molecule has 15 heavy (non-hydrogen) atoms. The van der Waals surface area contributed by atoms with E-state index in [1.807, 2.05) is 19.4 Å². The van der Waals surface area contributed by atoms with Crippen molar-refractivity contribution < 1.29 is 0 Å². The number of nitrogens with zero attached hydrogens (tertiary/aromatic N) is 3. The summed E-state index contributed by atoms with van der Waals surface area (Å²) < 4.78 is 2.08. The normalized spacial score (nSPS) is 18.4. The van der Waals surface area contributed by atoms with Gasteiger partial charge in [-0.25, -0.2) is 4.98 Å². The standard InChI is InChI=1S/C11H19N3S/c1-13(8-11(9-15)3-4-11)7-10-12-5-6-14(10)2/h5-6,15H,3-4,7-9H2,1-2H3. The average molecular weight is 225 g/mol. The Bertz CT molecular complexity index is 330. The van der Waals surface area contributed by atoms with E-state index in [2.05, 4.69) is 34.1 Å². The molecule has 1 heterocycles. The van der Waals surface area contributed by atoms with Gasteiger partial charge in [0.15, 0.2) is 0 Å². The number of aryl methyl sites for hydroxylation is 1. The Kier molecular flexibility index (Phi) is 3.07. The molecule has 0 amide bonds. The first-order valence-corrected chi connectivity index (χ1v) is 6.04. The number of imidazole rings is 1. The van der Waals surface area contributed by atoms with Crippen LogP contribution in [0.2, 0.25) is 0 Å². The number of aromatic nitrogens is 2. The van der Waals surface area contributed by atoms with Gasteiger partial charge >= 0.3 is 0 Å². The van der Waals surface area contributed by atoms with Crippen LogP contribution in [0.5, 0.6) is 0 Å². The summed E-state index contributed by atoms with van der Waals surface area (Å²) >= 11 is 4.43. The predicted octanol–water partition coefficient (Wildman–Crippen LogP) is 1.56. The summed E-state index contributed by atoms with van der Waals surface area (Å²) in [4.78, 5) is 6.69. The Morgan fingerprint density at radius 2 is 2.33 bits per heavy atom. The van der Waals surface area contributed by atoms with Crippen molar-refractivity contribution in [2.75, 3.05) is 19.3 Å². The SMILES string of the molecule is CN(Cc1nccn1C)CC1(CS)CC1. The topological polar surface area (TPSA) is 21.1 Å². The second kappa shape index (κ2) is 4.18. The van der Waals surface area contributed by atoms with Gasteiger partial charge in [-0.15, -0.1) is 0 Å². The van der Waals surface area contributed by atoms with Crippen LogP contribution in [0, 0.1) is 5.41 Å². The molecule has 0 unspecified atom stereocenters. The molecule has 1 fully saturated rings. The van der Waals surface area contributed by atoms with Gasteiger partial charge in [-0.3, -0.25) is 4.90 Å². The summed E-state index contributed by atoms with van der Waals surface area (Å²) in [6, 6.07) is 0. The quantitative estimate of drug-likeness (QED) is 0.768. The third kappa shape index (κ3) is 2.55. The molecule has 0 N–H and O–H groups in total. The van der Waals surface area contributed by atoms with Crippen molar-refractivity contribution in [2.24, 2.45) is 12.5 Å². The van der Waals surface area contributed by atoms with Crippen molar-refractivity contribution in [3.8, 4) is 0 Å². The van der Waals surface area contributed by atoms with E-state index in [4.69, 9.17) is 0 Å². The molecule has 1 aromatic rings. The number of rotatable bonds is 5. The molecule has 0 bridgehead atoms. The molecule has 0 saturated heterocycles. The molecular weight excluding hydrogens is 206 g/mol. The summed E-state index contributed by atoms with van der Waals surface area (Å²) in [5.74, 6) is 2.14. The smallest absolute Gasteiger partial charge is 0.122 e. The molecule has 3 nitrogen and oxygen atoms in total. The molecule has 0 aromatic carbocycles. The van der Waals surface area contributed by atoms with Gasteiger partial charge in [0.05, 0.1) is 6.54 Å². The van der Waals surface area contributed by atoms with Crippen molar-refractivity contribution in [2.45, 2.75) is 19.4 Å². The number of hydrogen-bond acceptors (Lipinski definition) is 3. The molecule has 84 valence electrons. The molecule has 1 aliphatic rings. The second-order valence-corrected chi connectivity index (χ2v) is 5.10. The van der Waals surface area contributed by atoms with Gasteiger partial charge < -0.3 is 4.57 Å². The van der Waals surface area contributed by atoms with E-state index >= 15 is 0 Å². The van der Waals surface area contributed by atoms with Crippen LogP contribution < -0.4 is 0 Å². The van der Waals surface area contributed by atoms with Gasteiger partial charge in [0, 0.05) is 26.0 Å². The van der Waals surface area contributed by atoms with Crippen molar-refractivity contribution >= 4 is 12.6 Å². The van der Waals surface area contributed by atoms with Crippen LogP contribution in [0.3, 0.4) is 0 Å². The Labute approximate surface area is 96.9 Å². The van der Waals surface area contributed by atoms with Gasteiger partial charge in [0.2, 0.25) is 0 Å². The van der Waals surface area contributed by atoms with Gasteiger partial charge in [0.1, 0.15) is 5.82 Å². The summed E-state index contributed by atoms with van der Waals surface area (Å²) in [5.41, 5.74) is 0.503. The molecule has 1 saturated carbocycles. The van der Waals surface area contributed by atoms with Crippen molar-refractivity contribution in [3.63, 3.8) is 0 Å². The maximum atomic E-state index is 4.43. The predicted molar refractivity (Wildman–Crippen MR) is 65.1 cm³/mol. The third-order valence-electron chi connectivity index (χ3n) is 3.23. The highest BCUT2D eigenvalue weighted by molar-refractivity contribution is 7.80. The second-order valence-electron chi connectivity index (χ2n) is 4.78. The van der Waals surface area contributed by atoms with Crippen LogP contribution in [0.15, 0.2) is 12.4 Å². The Balaban J connectivity index is 1.87. The minimum Gasteiger partial charge on any atom is -0.337 e. The van der Waals surface area contributed by atoms with Crippen LogP contribution in [0.25, 0.3) is 0 Å². The van der Waals surface area contributed by atoms with Crippen LogP contribution in [-0.4, -0.2) is 33.8 Å². The van der Waals surface area contributed by atoms with E-state index in [1.54, 1.807) is 0 Å². The summed E-state index contributed by atoms with van der Waals surface area (Å²) in [6.07, 6.45) is 6.52. The molecule has 0 atom stereocenters. The zero-order valence-corrected chi connectivity index (χ0v) is 10.4. The van der Waals surface area contributed by atoms with Crippen molar-refractivity contribution in [1.82, 2.24) is 14.5 Å². The lowest BCUT2D eigenvalue weighted by molar-refractivity contribution is 0.262. The van der Waals surface area contributed by atoms with Crippen LogP contribution in [0.4, 0.5) is 0 Å². The molecule has 4 heteroatoms. The fraction of sp³-hybridized carbons (Fsp3) is 0.727. The summed E-state index contributed by atoms with van der Waals surface area (Å²) in [5, 5.41) is 0. The summed E-state index contributed by atoms with van der Waals surface area (Å²) in [6.45, 7) is 2.07. The lowest BCUT2D eigenvalue weighted by Crippen LogP contribution is -2.28. The highest BCUT2D eigenvalue weighted by Crippen LogP contribution is 2.46. The Morgan fingerprint density at radius 1 is 1.60 bits per heavy atom. The van der Waals surface area contributed by atoms with Crippen molar-refractivity contribution in [1.29, 1.82) is 0 Å². The lowest BCUT2D eigenvalue weighted by Gasteiger charge is -2.21. The first-order valence-electron chi connectivity index (χ1n) is 5.41. The monoisotopic (exact) mass is 225 g/mol. The van der Waals surface area contributed by atoms with E-state index in [1.165, 1.54) is 12.8 Å². The maximum Gasteiger partial charge on any atom is 0.122 e. The molecule has 0 aliphatic heterocycles. The maximum absolute atomic E-state index is 4.43. The number of hydrogen-bond donors (Lipinski definition) is 1. The first-order chi connectivity index (χ1) is 7.15. The Morgan fingerprint density at radius 3 is 2.80 bits per heavy atom. The minimum absolute atomic E-state index is 0.503. The van der Waals surface area contributed by atoms with E-state index in [0.29, 0.717) is 5.41 Å². The van der Waals surface area contributed by atoms with E-state index in [-0.39, 0.29) is 0 Å². The Hall–Kier alpha value is -0.480. The van der Waals surface area contributed by atoms with Crippen LogP contribution in [0.1, 0.15) is 18.7 Å². The van der Waals surface area contributed by atoms with E-state index < -0.39 is 0 Å². The van der Waals surface area contributed by atoms with Gasteiger partial charge in [0.25, 0.3) is 0 Å². The molecule has 0 radical (unpaired) electrons. The molecular formula is C11H19N3S. The molecule has 0 spiro atoms. The minimum atomic E-state index is 0.503. The highest BCUT2D eigenvalue weighted by Gasteiger charge is 2.41. The van der Waals surface area contributed by atoms with Crippen LogP contribution in [-0.2, 0) is 13.6 Å². The fourth-order valence-corrected chi connectivity index (χ4v) is 2.38. The van der Waals surface area contributed by atoms with Gasteiger partial charge in [-0.05, 0) is 31.1 Å². The summed E-state index contributed by atoms with van der Waals surface area (Å²) in [7, 11) is 4.21. The highest BCUT2D eigenvalue weighted by atomic mass is 32.1. The molecule has 1 aliphatic carbocycles.